The zero-order chi connectivity index (χ0) is 9.97. The second kappa shape index (κ2) is 3.78. The minimum atomic E-state index is 0.523. The maximum Gasteiger partial charge on any atom is 0.144 e. The molecule has 3 heteroatoms. The third-order valence-electron chi connectivity index (χ3n) is 2.62. The van der Waals surface area contributed by atoms with Crippen molar-refractivity contribution in [2.45, 2.75) is 19.4 Å². The molecule has 2 rings (SSSR count). The Bertz CT molecular complexity index is 325. The first kappa shape index (κ1) is 9.19. The molecule has 0 spiro atoms. The van der Waals surface area contributed by atoms with E-state index in [0.717, 1.165) is 30.1 Å². The van der Waals surface area contributed by atoms with Gasteiger partial charge >= 0.3 is 0 Å². The largest absolute Gasteiger partial charge is 0.495 e. The number of ether oxygens (including phenoxy) is 1. The minimum absolute atomic E-state index is 0.523. The SMILES string of the molecule is CCC1CNc2c(cccc2OC)N1. The van der Waals surface area contributed by atoms with Crippen LogP contribution in [0.25, 0.3) is 0 Å². The van der Waals surface area contributed by atoms with Crippen LogP contribution in [0.2, 0.25) is 0 Å². The van der Waals surface area contributed by atoms with E-state index in [-0.39, 0.29) is 0 Å². The first-order chi connectivity index (χ1) is 6.85. The molecule has 1 aromatic rings. The molecule has 2 N–H and O–H groups in total. The molecule has 0 aliphatic carbocycles. The van der Waals surface area contributed by atoms with E-state index in [9.17, 15) is 0 Å². The van der Waals surface area contributed by atoms with Crippen molar-refractivity contribution in [1.29, 1.82) is 0 Å². The molecule has 1 aromatic carbocycles. The Balaban J connectivity index is 2.30. The number of hydrogen-bond donors (Lipinski definition) is 2. The highest BCUT2D eigenvalue weighted by atomic mass is 16.5. The number of fused-ring (bicyclic) bond motifs is 1. The van der Waals surface area contributed by atoms with Gasteiger partial charge in [-0.15, -0.1) is 0 Å². The van der Waals surface area contributed by atoms with Crippen LogP contribution in [0.15, 0.2) is 18.2 Å². The fraction of sp³-hybridized carbons (Fsp3) is 0.455. The molecule has 0 amide bonds. The van der Waals surface area contributed by atoms with E-state index < -0.39 is 0 Å². The van der Waals surface area contributed by atoms with Crippen LogP contribution in [0, 0.1) is 0 Å². The van der Waals surface area contributed by atoms with E-state index in [1.54, 1.807) is 7.11 Å². The van der Waals surface area contributed by atoms with E-state index in [1.165, 1.54) is 0 Å². The minimum Gasteiger partial charge on any atom is -0.495 e. The summed E-state index contributed by atoms with van der Waals surface area (Å²) in [5, 5.41) is 6.87. The average Bonchev–Trinajstić information content (AvgIpc) is 2.27. The van der Waals surface area contributed by atoms with Crippen molar-refractivity contribution >= 4 is 11.4 Å². The molecule has 0 saturated heterocycles. The molecular formula is C11H16N2O. The van der Waals surface area contributed by atoms with E-state index in [2.05, 4.69) is 23.6 Å². The van der Waals surface area contributed by atoms with Gasteiger partial charge in [-0.05, 0) is 18.6 Å². The number of anilines is 2. The summed E-state index contributed by atoms with van der Waals surface area (Å²) in [6.45, 7) is 3.15. The molecule has 1 atom stereocenters. The number of para-hydroxylation sites is 1. The van der Waals surface area contributed by atoms with Crippen molar-refractivity contribution in [2.24, 2.45) is 0 Å². The lowest BCUT2D eigenvalue weighted by Gasteiger charge is -2.28. The van der Waals surface area contributed by atoms with Crippen molar-refractivity contribution < 1.29 is 4.74 Å². The summed E-state index contributed by atoms with van der Waals surface area (Å²) in [6, 6.07) is 6.58. The zero-order valence-corrected chi connectivity index (χ0v) is 8.63. The Hall–Kier alpha value is -1.38. The standard InChI is InChI=1S/C11H16N2O/c1-3-8-7-12-11-9(13-8)5-4-6-10(11)14-2/h4-6,8,12-13H,3,7H2,1-2H3. The quantitative estimate of drug-likeness (QED) is 0.754. The van der Waals surface area contributed by atoms with Crippen molar-refractivity contribution in [2.75, 3.05) is 24.3 Å². The Morgan fingerprint density at radius 1 is 1.50 bits per heavy atom. The topological polar surface area (TPSA) is 33.3 Å². The van der Waals surface area contributed by atoms with Crippen LogP contribution < -0.4 is 15.4 Å². The normalized spacial score (nSPS) is 19.1. The molecule has 0 fully saturated rings. The van der Waals surface area contributed by atoms with Crippen LogP contribution in [0.3, 0.4) is 0 Å². The molecule has 0 aromatic heterocycles. The highest BCUT2D eigenvalue weighted by Crippen LogP contribution is 2.35. The van der Waals surface area contributed by atoms with E-state index in [4.69, 9.17) is 4.74 Å². The second-order valence-electron chi connectivity index (χ2n) is 3.51. The zero-order valence-electron chi connectivity index (χ0n) is 8.63. The van der Waals surface area contributed by atoms with Crippen LogP contribution in [0.1, 0.15) is 13.3 Å². The molecular weight excluding hydrogens is 176 g/mol. The number of methoxy groups -OCH3 is 1. The summed E-state index contributed by atoms with van der Waals surface area (Å²) in [5.41, 5.74) is 2.22. The van der Waals surface area contributed by atoms with Crippen molar-refractivity contribution in [3.8, 4) is 5.75 Å². The van der Waals surface area contributed by atoms with Gasteiger partial charge in [-0.25, -0.2) is 0 Å². The predicted octanol–water partition coefficient (Wildman–Crippen LogP) is 2.31. The highest BCUT2D eigenvalue weighted by Gasteiger charge is 2.17. The smallest absolute Gasteiger partial charge is 0.144 e. The Labute approximate surface area is 84.5 Å². The molecule has 76 valence electrons. The van der Waals surface area contributed by atoms with Gasteiger partial charge in [0.05, 0.1) is 12.8 Å². The lowest BCUT2D eigenvalue weighted by molar-refractivity contribution is 0.416. The second-order valence-corrected chi connectivity index (χ2v) is 3.51. The first-order valence-corrected chi connectivity index (χ1v) is 5.02. The average molecular weight is 192 g/mol. The van der Waals surface area contributed by atoms with Gasteiger partial charge in [0, 0.05) is 12.6 Å². The lowest BCUT2D eigenvalue weighted by atomic mass is 10.1. The summed E-state index contributed by atoms with van der Waals surface area (Å²) in [6.07, 6.45) is 1.13. The Kier molecular flexibility index (Phi) is 2.48. The molecule has 0 saturated carbocycles. The van der Waals surface area contributed by atoms with Crippen molar-refractivity contribution in [3.63, 3.8) is 0 Å². The van der Waals surface area contributed by atoms with Crippen LogP contribution in [-0.2, 0) is 0 Å². The van der Waals surface area contributed by atoms with Crippen molar-refractivity contribution in [1.82, 2.24) is 0 Å². The van der Waals surface area contributed by atoms with Gasteiger partial charge in [0.1, 0.15) is 11.4 Å². The van der Waals surface area contributed by atoms with Gasteiger partial charge in [-0.3, -0.25) is 0 Å². The number of rotatable bonds is 2. The number of benzene rings is 1. The summed E-state index contributed by atoms with van der Waals surface area (Å²) in [5.74, 6) is 0.907. The van der Waals surface area contributed by atoms with E-state index >= 15 is 0 Å². The summed E-state index contributed by atoms with van der Waals surface area (Å²) < 4.78 is 5.28. The molecule has 14 heavy (non-hydrogen) atoms. The maximum atomic E-state index is 5.28. The molecule has 1 aliphatic rings. The van der Waals surface area contributed by atoms with Gasteiger partial charge < -0.3 is 15.4 Å². The van der Waals surface area contributed by atoms with E-state index in [0.29, 0.717) is 6.04 Å². The van der Waals surface area contributed by atoms with Gasteiger partial charge in [-0.2, -0.15) is 0 Å². The fourth-order valence-corrected chi connectivity index (χ4v) is 1.75. The Morgan fingerprint density at radius 3 is 3.07 bits per heavy atom. The molecule has 0 radical (unpaired) electrons. The van der Waals surface area contributed by atoms with Gasteiger partial charge in [0.25, 0.3) is 0 Å². The summed E-state index contributed by atoms with van der Waals surface area (Å²) in [4.78, 5) is 0. The fourth-order valence-electron chi connectivity index (χ4n) is 1.75. The summed E-state index contributed by atoms with van der Waals surface area (Å²) >= 11 is 0. The molecule has 1 heterocycles. The lowest BCUT2D eigenvalue weighted by Crippen LogP contribution is -2.32. The van der Waals surface area contributed by atoms with Crippen molar-refractivity contribution in [3.05, 3.63) is 18.2 Å². The van der Waals surface area contributed by atoms with Gasteiger partial charge in [0.2, 0.25) is 0 Å². The van der Waals surface area contributed by atoms with Crippen LogP contribution >= 0.6 is 0 Å². The van der Waals surface area contributed by atoms with Crippen LogP contribution in [0.5, 0.6) is 5.75 Å². The number of nitrogens with one attached hydrogen (secondary N) is 2. The molecule has 3 nitrogen and oxygen atoms in total. The summed E-state index contributed by atoms with van der Waals surface area (Å²) in [7, 11) is 1.70. The van der Waals surface area contributed by atoms with Crippen LogP contribution in [-0.4, -0.2) is 19.7 Å². The highest BCUT2D eigenvalue weighted by molar-refractivity contribution is 5.77. The first-order valence-electron chi connectivity index (χ1n) is 5.02. The predicted molar refractivity (Wildman–Crippen MR) is 59.2 cm³/mol. The molecule has 0 bridgehead atoms. The van der Waals surface area contributed by atoms with Crippen LogP contribution in [0.4, 0.5) is 11.4 Å². The Morgan fingerprint density at radius 2 is 2.36 bits per heavy atom. The molecule has 1 aliphatic heterocycles. The third-order valence-corrected chi connectivity index (χ3v) is 2.62. The monoisotopic (exact) mass is 192 g/mol. The maximum absolute atomic E-state index is 5.28. The molecule has 1 unspecified atom stereocenters. The van der Waals surface area contributed by atoms with Gasteiger partial charge in [0.15, 0.2) is 0 Å². The van der Waals surface area contributed by atoms with Gasteiger partial charge in [-0.1, -0.05) is 13.0 Å². The number of hydrogen-bond acceptors (Lipinski definition) is 3. The van der Waals surface area contributed by atoms with E-state index in [1.807, 2.05) is 12.1 Å². The third kappa shape index (κ3) is 1.50.